The minimum absolute atomic E-state index is 0.877. The van der Waals surface area contributed by atoms with Crippen LogP contribution in [0, 0.1) is 11.8 Å². The van der Waals surface area contributed by atoms with Crippen LogP contribution < -0.4 is 0 Å². The van der Waals surface area contributed by atoms with Gasteiger partial charge in [-0.3, -0.25) is 0 Å². The minimum atomic E-state index is 0.877. The molecule has 0 aliphatic heterocycles. The molecule has 2 bridgehead atoms. The molecule has 0 aromatic rings. The highest BCUT2D eigenvalue weighted by Crippen LogP contribution is 2.36. The lowest BCUT2D eigenvalue weighted by atomic mass is 9.82. The van der Waals surface area contributed by atoms with E-state index in [1.807, 2.05) is 0 Å². The van der Waals surface area contributed by atoms with E-state index in [1.165, 1.54) is 38.5 Å². The van der Waals surface area contributed by atoms with E-state index in [1.54, 1.807) is 5.57 Å². The van der Waals surface area contributed by atoms with Gasteiger partial charge in [-0.15, -0.1) is 0 Å². The largest absolute Gasteiger partial charge is 0.0825 e. The molecule has 0 heterocycles. The summed E-state index contributed by atoms with van der Waals surface area (Å²) in [6, 6.07) is 0. The molecule has 0 N–H and O–H groups in total. The molecule has 0 heteroatoms. The Morgan fingerprint density at radius 3 is 3.18 bits per heavy atom. The van der Waals surface area contributed by atoms with Crippen LogP contribution in [-0.2, 0) is 0 Å². The summed E-state index contributed by atoms with van der Waals surface area (Å²) in [4.78, 5) is 0. The number of hydrogen-bond acceptors (Lipinski definition) is 0. The SMILES string of the molecule is CC1C=C2CCCCC(C2)C1. The molecule has 11 heavy (non-hydrogen) atoms. The Morgan fingerprint density at radius 2 is 2.27 bits per heavy atom. The van der Waals surface area contributed by atoms with Gasteiger partial charge in [-0.1, -0.05) is 31.4 Å². The molecule has 2 unspecified atom stereocenters. The zero-order valence-corrected chi connectivity index (χ0v) is 7.47. The second-order valence-electron chi connectivity index (χ2n) is 4.35. The first-order valence-corrected chi connectivity index (χ1v) is 5.04. The van der Waals surface area contributed by atoms with Crippen molar-refractivity contribution in [3.63, 3.8) is 0 Å². The Bertz CT molecular complexity index is 167. The normalized spacial score (nSPS) is 37.7. The van der Waals surface area contributed by atoms with Crippen molar-refractivity contribution in [2.75, 3.05) is 0 Å². The van der Waals surface area contributed by atoms with Crippen molar-refractivity contribution in [2.24, 2.45) is 11.8 Å². The first kappa shape index (κ1) is 7.39. The van der Waals surface area contributed by atoms with Gasteiger partial charge < -0.3 is 0 Å². The Balaban J connectivity index is 2.13. The van der Waals surface area contributed by atoms with Crippen LogP contribution in [0.2, 0.25) is 0 Å². The fraction of sp³-hybridized carbons (Fsp3) is 0.818. The summed E-state index contributed by atoms with van der Waals surface area (Å²) in [5, 5.41) is 0. The molecule has 1 fully saturated rings. The van der Waals surface area contributed by atoms with Gasteiger partial charge in [-0.25, -0.2) is 0 Å². The standard InChI is InChI=1S/C11H18/c1-9-6-10-4-2-3-5-11(7-9)8-10/h6,9,11H,2-5,7-8H2,1H3. The molecule has 2 aliphatic rings. The van der Waals surface area contributed by atoms with Crippen molar-refractivity contribution in [1.29, 1.82) is 0 Å². The highest BCUT2D eigenvalue weighted by Gasteiger charge is 2.21. The van der Waals surface area contributed by atoms with Crippen molar-refractivity contribution in [1.82, 2.24) is 0 Å². The molecular formula is C11H18. The lowest BCUT2D eigenvalue weighted by molar-refractivity contribution is 0.387. The Kier molecular flexibility index (Phi) is 2.02. The third-order valence-electron chi connectivity index (χ3n) is 3.14. The van der Waals surface area contributed by atoms with E-state index in [-0.39, 0.29) is 0 Å². The summed E-state index contributed by atoms with van der Waals surface area (Å²) >= 11 is 0. The smallest absolute Gasteiger partial charge is 0.0257 e. The second-order valence-corrected chi connectivity index (χ2v) is 4.35. The summed E-state index contributed by atoms with van der Waals surface area (Å²) in [5.74, 6) is 1.93. The predicted molar refractivity (Wildman–Crippen MR) is 48.4 cm³/mol. The van der Waals surface area contributed by atoms with E-state index in [9.17, 15) is 0 Å². The van der Waals surface area contributed by atoms with Crippen molar-refractivity contribution in [2.45, 2.75) is 45.4 Å². The van der Waals surface area contributed by atoms with Crippen LogP contribution in [0.3, 0.4) is 0 Å². The molecule has 0 radical (unpaired) electrons. The van der Waals surface area contributed by atoms with Gasteiger partial charge in [-0.2, -0.15) is 0 Å². The molecule has 0 amide bonds. The lowest BCUT2D eigenvalue weighted by Gasteiger charge is -2.23. The van der Waals surface area contributed by atoms with Gasteiger partial charge in [0.15, 0.2) is 0 Å². The summed E-state index contributed by atoms with van der Waals surface area (Å²) < 4.78 is 0. The Labute approximate surface area is 69.7 Å². The molecule has 2 rings (SSSR count). The van der Waals surface area contributed by atoms with Crippen LogP contribution in [-0.4, -0.2) is 0 Å². The topological polar surface area (TPSA) is 0 Å². The fourth-order valence-corrected chi connectivity index (χ4v) is 2.71. The van der Waals surface area contributed by atoms with E-state index in [0.717, 1.165) is 11.8 Å². The third-order valence-corrected chi connectivity index (χ3v) is 3.14. The number of allylic oxidation sites excluding steroid dienone is 2. The number of fused-ring (bicyclic) bond motifs is 2. The first-order valence-electron chi connectivity index (χ1n) is 5.04. The summed E-state index contributed by atoms with van der Waals surface area (Å²) in [5.41, 5.74) is 1.77. The lowest BCUT2D eigenvalue weighted by Crippen LogP contribution is -2.10. The van der Waals surface area contributed by atoms with Gasteiger partial charge in [-0.05, 0) is 37.5 Å². The van der Waals surface area contributed by atoms with Crippen molar-refractivity contribution < 1.29 is 0 Å². The maximum atomic E-state index is 2.53. The van der Waals surface area contributed by atoms with Gasteiger partial charge in [0.1, 0.15) is 0 Å². The van der Waals surface area contributed by atoms with Gasteiger partial charge in [0, 0.05) is 0 Å². The average molecular weight is 150 g/mol. The maximum absolute atomic E-state index is 2.53. The molecule has 62 valence electrons. The maximum Gasteiger partial charge on any atom is -0.0257 e. The molecule has 0 aromatic heterocycles. The zero-order chi connectivity index (χ0) is 7.68. The Hall–Kier alpha value is -0.260. The molecule has 2 aliphatic carbocycles. The summed E-state index contributed by atoms with van der Waals surface area (Å²) in [6.45, 7) is 2.37. The summed E-state index contributed by atoms with van der Waals surface area (Å²) in [6.07, 6.45) is 11.3. The summed E-state index contributed by atoms with van der Waals surface area (Å²) in [7, 11) is 0. The van der Waals surface area contributed by atoms with Gasteiger partial charge >= 0.3 is 0 Å². The average Bonchev–Trinajstić information content (AvgIpc) is 2.11. The van der Waals surface area contributed by atoms with Crippen LogP contribution in [0.5, 0.6) is 0 Å². The minimum Gasteiger partial charge on any atom is -0.0825 e. The monoisotopic (exact) mass is 150 g/mol. The van der Waals surface area contributed by atoms with E-state index < -0.39 is 0 Å². The van der Waals surface area contributed by atoms with Crippen LogP contribution in [0.15, 0.2) is 11.6 Å². The van der Waals surface area contributed by atoms with Crippen molar-refractivity contribution in [3.05, 3.63) is 11.6 Å². The molecule has 2 atom stereocenters. The highest BCUT2D eigenvalue weighted by molar-refractivity contribution is 5.10. The Morgan fingerprint density at radius 1 is 1.36 bits per heavy atom. The zero-order valence-electron chi connectivity index (χ0n) is 7.47. The number of hydrogen-bond donors (Lipinski definition) is 0. The predicted octanol–water partition coefficient (Wildman–Crippen LogP) is 3.53. The van der Waals surface area contributed by atoms with Crippen LogP contribution in [0.1, 0.15) is 45.4 Å². The molecular weight excluding hydrogens is 132 g/mol. The molecule has 0 aromatic carbocycles. The fourth-order valence-electron chi connectivity index (χ4n) is 2.71. The van der Waals surface area contributed by atoms with Crippen molar-refractivity contribution >= 4 is 0 Å². The van der Waals surface area contributed by atoms with Crippen LogP contribution in [0.25, 0.3) is 0 Å². The second kappa shape index (κ2) is 3.00. The quantitative estimate of drug-likeness (QED) is 0.463. The number of rotatable bonds is 0. The third kappa shape index (κ3) is 1.66. The van der Waals surface area contributed by atoms with Crippen LogP contribution in [0.4, 0.5) is 0 Å². The van der Waals surface area contributed by atoms with E-state index in [2.05, 4.69) is 13.0 Å². The first-order chi connectivity index (χ1) is 5.34. The van der Waals surface area contributed by atoms with Crippen LogP contribution >= 0.6 is 0 Å². The van der Waals surface area contributed by atoms with Crippen molar-refractivity contribution in [3.8, 4) is 0 Å². The van der Waals surface area contributed by atoms with Gasteiger partial charge in [0.2, 0.25) is 0 Å². The highest BCUT2D eigenvalue weighted by atomic mass is 14.3. The van der Waals surface area contributed by atoms with E-state index >= 15 is 0 Å². The molecule has 1 saturated carbocycles. The molecule has 0 spiro atoms. The molecule has 0 nitrogen and oxygen atoms in total. The van der Waals surface area contributed by atoms with Gasteiger partial charge in [0.25, 0.3) is 0 Å². The van der Waals surface area contributed by atoms with E-state index in [0.29, 0.717) is 0 Å². The van der Waals surface area contributed by atoms with E-state index in [4.69, 9.17) is 0 Å². The van der Waals surface area contributed by atoms with Gasteiger partial charge in [0.05, 0.1) is 0 Å². The molecule has 0 saturated heterocycles.